The number of hydrogen-bond acceptors (Lipinski definition) is 4. The summed E-state index contributed by atoms with van der Waals surface area (Å²) in [5, 5.41) is 4.71. The van der Waals surface area contributed by atoms with E-state index in [1.54, 1.807) is 18.2 Å². The average Bonchev–Trinajstić information content (AvgIpc) is 2.99. The van der Waals surface area contributed by atoms with Crippen LogP contribution in [0.5, 0.6) is 0 Å². The van der Waals surface area contributed by atoms with Gasteiger partial charge in [-0.15, -0.1) is 0 Å². The van der Waals surface area contributed by atoms with Crippen LogP contribution in [0.15, 0.2) is 108 Å². The summed E-state index contributed by atoms with van der Waals surface area (Å²) in [6.45, 7) is 2.31. The van der Waals surface area contributed by atoms with Gasteiger partial charge in [0, 0.05) is 26.6 Å². The molecule has 0 bridgehead atoms. The molecule has 0 aromatic heterocycles. The molecule has 0 aliphatic carbocycles. The molecule has 0 heterocycles. The van der Waals surface area contributed by atoms with Crippen molar-refractivity contribution in [3.05, 3.63) is 114 Å². The Bertz CT molecular complexity index is 1560. The minimum atomic E-state index is -3.97. The van der Waals surface area contributed by atoms with Crippen molar-refractivity contribution in [2.75, 3.05) is 20.1 Å². The van der Waals surface area contributed by atoms with Crippen LogP contribution in [0.2, 0.25) is 0 Å². The first-order chi connectivity index (χ1) is 19.8. The fraction of sp³-hybridized carbons (Fsp3) is 0.273. The van der Waals surface area contributed by atoms with Crippen LogP contribution in [0.1, 0.15) is 30.9 Å². The molecule has 0 radical (unpaired) electrons. The first-order valence-corrected chi connectivity index (χ1v) is 15.3. The molecule has 0 saturated heterocycles. The van der Waals surface area contributed by atoms with E-state index in [2.05, 4.69) is 5.32 Å². The zero-order chi connectivity index (χ0) is 29.2. The minimum Gasteiger partial charge on any atom is -0.354 e. The van der Waals surface area contributed by atoms with Gasteiger partial charge in [-0.05, 0) is 40.5 Å². The predicted molar refractivity (Wildman–Crippen MR) is 163 cm³/mol. The average molecular weight is 572 g/mol. The zero-order valence-corrected chi connectivity index (χ0v) is 24.4. The summed E-state index contributed by atoms with van der Waals surface area (Å²) in [4.78, 5) is 29.1. The third kappa shape index (κ3) is 7.80. The minimum absolute atomic E-state index is 0.110. The van der Waals surface area contributed by atoms with E-state index in [4.69, 9.17) is 0 Å². The van der Waals surface area contributed by atoms with Crippen molar-refractivity contribution in [2.45, 2.75) is 43.7 Å². The molecular weight excluding hydrogens is 534 g/mol. The van der Waals surface area contributed by atoms with Gasteiger partial charge in [0.25, 0.3) is 0 Å². The van der Waals surface area contributed by atoms with Crippen molar-refractivity contribution in [3.8, 4) is 0 Å². The molecule has 41 heavy (non-hydrogen) atoms. The van der Waals surface area contributed by atoms with E-state index in [9.17, 15) is 18.0 Å². The summed E-state index contributed by atoms with van der Waals surface area (Å²) >= 11 is 0. The number of fused-ring (bicyclic) bond motifs is 1. The lowest BCUT2D eigenvalue weighted by molar-refractivity contribution is -0.141. The van der Waals surface area contributed by atoms with Crippen molar-refractivity contribution in [1.82, 2.24) is 14.5 Å². The molecule has 0 aliphatic rings. The molecule has 0 fully saturated rings. The maximum absolute atomic E-state index is 14.0. The summed E-state index contributed by atoms with van der Waals surface area (Å²) < 4.78 is 28.1. The molecule has 0 aliphatic heterocycles. The highest BCUT2D eigenvalue weighted by Crippen LogP contribution is 2.22. The Balaban J connectivity index is 1.64. The van der Waals surface area contributed by atoms with E-state index in [0.29, 0.717) is 13.0 Å². The molecule has 0 saturated carbocycles. The molecule has 7 nitrogen and oxygen atoms in total. The van der Waals surface area contributed by atoms with Crippen LogP contribution in [-0.2, 0) is 32.6 Å². The summed E-state index contributed by atoms with van der Waals surface area (Å²) in [5.74, 6) is -0.709. The molecule has 4 aromatic rings. The maximum atomic E-state index is 14.0. The van der Waals surface area contributed by atoms with Crippen LogP contribution in [-0.4, -0.2) is 55.6 Å². The summed E-state index contributed by atoms with van der Waals surface area (Å²) in [6, 6.07) is 30.6. The van der Waals surface area contributed by atoms with Gasteiger partial charge in [0.15, 0.2) is 0 Å². The second-order valence-corrected chi connectivity index (χ2v) is 12.2. The van der Waals surface area contributed by atoms with Gasteiger partial charge in [-0.25, -0.2) is 8.42 Å². The van der Waals surface area contributed by atoms with Crippen LogP contribution < -0.4 is 5.32 Å². The number of carbonyl (C=O) groups is 2. The number of likely N-dealkylation sites (N-methyl/N-ethyl adjacent to an activating group) is 1. The topological polar surface area (TPSA) is 86.8 Å². The van der Waals surface area contributed by atoms with Gasteiger partial charge in [-0.1, -0.05) is 104 Å². The number of sulfonamides is 1. The van der Waals surface area contributed by atoms with E-state index in [1.807, 2.05) is 91.9 Å². The Labute approximate surface area is 242 Å². The highest BCUT2D eigenvalue weighted by molar-refractivity contribution is 7.89. The van der Waals surface area contributed by atoms with Crippen molar-refractivity contribution in [3.63, 3.8) is 0 Å². The van der Waals surface area contributed by atoms with Gasteiger partial charge in [0.05, 0.1) is 11.4 Å². The van der Waals surface area contributed by atoms with Crippen molar-refractivity contribution in [1.29, 1.82) is 0 Å². The Kier molecular flexibility index (Phi) is 10.3. The van der Waals surface area contributed by atoms with Gasteiger partial charge in [0.1, 0.15) is 6.04 Å². The molecule has 0 spiro atoms. The lowest BCUT2D eigenvalue weighted by Crippen LogP contribution is -2.53. The van der Waals surface area contributed by atoms with Crippen LogP contribution in [0.4, 0.5) is 0 Å². The number of unbranched alkanes of at least 4 members (excludes halogenated alkanes) is 1. The second-order valence-electron chi connectivity index (χ2n) is 10.1. The molecule has 8 heteroatoms. The largest absolute Gasteiger partial charge is 0.354 e. The molecular formula is C33H37N3O4S. The third-order valence-corrected chi connectivity index (χ3v) is 8.88. The number of hydrogen-bond donors (Lipinski definition) is 1. The van der Waals surface area contributed by atoms with Gasteiger partial charge in [-0.2, -0.15) is 4.31 Å². The van der Waals surface area contributed by atoms with Crippen molar-refractivity contribution in [2.24, 2.45) is 0 Å². The normalized spacial score (nSPS) is 12.3. The predicted octanol–water partition coefficient (Wildman–Crippen LogP) is 5.02. The number of benzene rings is 4. The molecule has 4 aromatic carbocycles. The lowest BCUT2D eigenvalue weighted by Gasteiger charge is -2.32. The van der Waals surface area contributed by atoms with Gasteiger partial charge in [-0.3, -0.25) is 9.59 Å². The van der Waals surface area contributed by atoms with E-state index < -0.39 is 28.5 Å². The summed E-state index contributed by atoms with van der Waals surface area (Å²) in [6.07, 6.45) is 2.05. The Morgan fingerprint density at radius 3 is 2.07 bits per heavy atom. The van der Waals surface area contributed by atoms with Crippen molar-refractivity contribution < 1.29 is 18.0 Å². The standard InChI is InChI=1S/C33H37N3O4S/c1-3-4-21-34-33(38)31(22-26-13-7-5-8-14-26)36(24-27-15-9-6-10-16-27)32(37)25-35(2)41(39,40)30-20-19-28-17-11-12-18-29(28)23-30/h5-20,23,31H,3-4,21-22,24-25H2,1-2H3,(H,34,38)/t31-/m1/s1. The number of nitrogens with one attached hydrogen (secondary N) is 1. The smallest absolute Gasteiger partial charge is 0.243 e. The van der Waals surface area contributed by atoms with Crippen LogP contribution >= 0.6 is 0 Å². The number of nitrogens with zero attached hydrogens (tertiary/aromatic N) is 2. The van der Waals surface area contributed by atoms with Crippen LogP contribution in [0.25, 0.3) is 10.8 Å². The number of rotatable bonds is 13. The third-order valence-electron chi connectivity index (χ3n) is 7.08. The van der Waals surface area contributed by atoms with Crippen LogP contribution in [0, 0.1) is 0 Å². The van der Waals surface area contributed by atoms with E-state index in [1.165, 1.54) is 11.9 Å². The number of carbonyl (C=O) groups excluding carboxylic acids is 2. The SMILES string of the molecule is CCCCNC(=O)[C@@H](Cc1ccccc1)N(Cc1ccccc1)C(=O)CN(C)S(=O)(=O)c1ccc2ccccc2c1. The second kappa shape index (κ2) is 14.1. The molecule has 0 unspecified atom stereocenters. The quantitative estimate of drug-likeness (QED) is 0.229. The lowest BCUT2D eigenvalue weighted by atomic mass is 10.0. The molecule has 4 rings (SSSR count). The summed E-state index contributed by atoms with van der Waals surface area (Å²) in [7, 11) is -2.57. The van der Waals surface area contributed by atoms with E-state index in [0.717, 1.165) is 39.0 Å². The number of amides is 2. The van der Waals surface area contributed by atoms with E-state index >= 15 is 0 Å². The Hall–Kier alpha value is -4.01. The van der Waals surface area contributed by atoms with Gasteiger partial charge >= 0.3 is 0 Å². The molecule has 1 N–H and O–H groups in total. The fourth-order valence-electron chi connectivity index (χ4n) is 4.71. The van der Waals surface area contributed by atoms with E-state index in [-0.39, 0.29) is 17.3 Å². The highest BCUT2D eigenvalue weighted by Gasteiger charge is 2.33. The van der Waals surface area contributed by atoms with Gasteiger partial charge < -0.3 is 10.2 Å². The van der Waals surface area contributed by atoms with Gasteiger partial charge in [0.2, 0.25) is 21.8 Å². The highest BCUT2D eigenvalue weighted by atomic mass is 32.2. The first kappa shape index (κ1) is 30.0. The Morgan fingerprint density at radius 1 is 0.805 bits per heavy atom. The first-order valence-electron chi connectivity index (χ1n) is 13.9. The molecule has 2 amide bonds. The van der Waals surface area contributed by atoms with Crippen molar-refractivity contribution >= 4 is 32.6 Å². The summed E-state index contributed by atoms with van der Waals surface area (Å²) in [5.41, 5.74) is 1.76. The fourth-order valence-corrected chi connectivity index (χ4v) is 5.87. The monoisotopic (exact) mass is 571 g/mol. The molecule has 214 valence electrons. The molecule has 1 atom stereocenters. The zero-order valence-electron chi connectivity index (χ0n) is 23.6. The maximum Gasteiger partial charge on any atom is 0.243 e. The van der Waals surface area contributed by atoms with Crippen LogP contribution in [0.3, 0.4) is 0 Å². The Morgan fingerprint density at radius 2 is 1.41 bits per heavy atom.